The average molecular weight is 493 g/mol. The first-order valence-corrected chi connectivity index (χ1v) is 12.2. The highest BCUT2D eigenvalue weighted by Gasteiger charge is 2.32. The molecule has 0 atom stereocenters. The number of para-hydroxylation sites is 1. The first-order chi connectivity index (χ1) is 16.8. The first-order valence-electron chi connectivity index (χ1n) is 10.7. The molecule has 35 heavy (non-hydrogen) atoms. The molecule has 0 amide bonds. The highest BCUT2D eigenvalue weighted by atomic mass is 32.2. The van der Waals surface area contributed by atoms with Gasteiger partial charge in [0, 0.05) is 0 Å². The smallest absolute Gasteiger partial charge is 0.345 e. The zero-order chi connectivity index (χ0) is 25.2. The lowest BCUT2D eigenvalue weighted by Crippen LogP contribution is -2.14. The molecule has 0 bridgehead atoms. The second-order valence-electron chi connectivity index (χ2n) is 7.74. The predicted molar refractivity (Wildman–Crippen MR) is 129 cm³/mol. The highest BCUT2D eigenvalue weighted by molar-refractivity contribution is 7.91. The molecule has 0 N–H and O–H groups in total. The standard InChI is InChI=1S/C26H24N2O6S/c1-17-10-13-21(14-11-17)35(30,31)24-18(2)27-28(20-8-6-5-7-9-20)25(24)34-26(29)19-12-15-22(32-3)23(16-19)33-4/h5-16H,1-4H3. The molecule has 180 valence electrons. The maximum Gasteiger partial charge on any atom is 0.345 e. The number of hydrogen-bond donors (Lipinski definition) is 0. The van der Waals surface area contributed by atoms with Crippen LogP contribution in [0.25, 0.3) is 5.69 Å². The fourth-order valence-corrected chi connectivity index (χ4v) is 5.10. The summed E-state index contributed by atoms with van der Waals surface area (Å²) in [4.78, 5) is 13.1. The third-order valence-corrected chi connectivity index (χ3v) is 7.27. The Kier molecular flexibility index (Phi) is 6.61. The van der Waals surface area contributed by atoms with Crippen molar-refractivity contribution < 1.29 is 27.4 Å². The van der Waals surface area contributed by atoms with E-state index in [0.717, 1.165) is 5.56 Å². The third kappa shape index (κ3) is 4.63. The Morgan fingerprint density at radius 3 is 2.14 bits per heavy atom. The second kappa shape index (κ2) is 9.63. The number of benzene rings is 3. The van der Waals surface area contributed by atoms with Crippen LogP contribution in [0.4, 0.5) is 0 Å². The van der Waals surface area contributed by atoms with E-state index in [-0.39, 0.29) is 26.9 Å². The number of hydrogen-bond acceptors (Lipinski definition) is 7. The van der Waals surface area contributed by atoms with Crippen LogP contribution in [0.15, 0.2) is 82.6 Å². The molecular weight excluding hydrogens is 468 g/mol. The van der Waals surface area contributed by atoms with E-state index < -0.39 is 15.8 Å². The zero-order valence-electron chi connectivity index (χ0n) is 19.7. The van der Waals surface area contributed by atoms with Crippen LogP contribution < -0.4 is 14.2 Å². The average Bonchev–Trinajstić information content (AvgIpc) is 3.20. The normalized spacial score (nSPS) is 11.2. The van der Waals surface area contributed by atoms with E-state index in [1.54, 1.807) is 49.4 Å². The number of aromatic nitrogens is 2. The molecule has 8 nitrogen and oxygen atoms in total. The molecule has 3 aromatic carbocycles. The molecule has 0 unspecified atom stereocenters. The van der Waals surface area contributed by atoms with Crippen molar-refractivity contribution in [3.63, 3.8) is 0 Å². The van der Waals surface area contributed by atoms with Gasteiger partial charge in [-0.3, -0.25) is 0 Å². The second-order valence-corrected chi connectivity index (χ2v) is 9.63. The molecular formula is C26H24N2O6S. The lowest BCUT2D eigenvalue weighted by Gasteiger charge is -2.12. The number of sulfone groups is 1. The number of carbonyl (C=O) groups excluding carboxylic acids is 1. The number of carbonyl (C=O) groups is 1. The van der Waals surface area contributed by atoms with Crippen LogP contribution >= 0.6 is 0 Å². The van der Waals surface area contributed by atoms with E-state index in [2.05, 4.69) is 5.10 Å². The lowest BCUT2D eigenvalue weighted by atomic mass is 10.2. The number of nitrogens with zero attached hydrogens (tertiary/aromatic N) is 2. The van der Waals surface area contributed by atoms with Crippen LogP contribution in [-0.4, -0.2) is 38.4 Å². The highest BCUT2D eigenvalue weighted by Crippen LogP contribution is 2.35. The molecule has 0 spiro atoms. The van der Waals surface area contributed by atoms with Gasteiger partial charge in [-0.1, -0.05) is 35.9 Å². The molecule has 1 heterocycles. The van der Waals surface area contributed by atoms with Crippen LogP contribution in [0, 0.1) is 13.8 Å². The largest absolute Gasteiger partial charge is 0.493 e. The zero-order valence-corrected chi connectivity index (χ0v) is 20.5. The van der Waals surface area contributed by atoms with Gasteiger partial charge in [0.1, 0.15) is 0 Å². The van der Waals surface area contributed by atoms with Crippen LogP contribution in [0.1, 0.15) is 21.6 Å². The van der Waals surface area contributed by atoms with Crippen LogP contribution in [0.3, 0.4) is 0 Å². The van der Waals surface area contributed by atoms with Crippen molar-refractivity contribution in [2.75, 3.05) is 14.2 Å². The summed E-state index contributed by atoms with van der Waals surface area (Å²) in [5.41, 5.74) is 1.81. The topological polar surface area (TPSA) is 96.7 Å². The van der Waals surface area contributed by atoms with Crippen LogP contribution in [0.5, 0.6) is 17.4 Å². The summed E-state index contributed by atoms with van der Waals surface area (Å²) in [6.07, 6.45) is 0. The summed E-state index contributed by atoms with van der Waals surface area (Å²) in [5, 5.41) is 4.41. The van der Waals surface area contributed by atoms with Crippen molar-refractivity contribution >= 4 is 15.8 Å². The Morgan fingerprint density at radius 2 is 1.51 bits per heavy atom. The Balaban J connectivity index is 1.86. The maximum absolute atomic E-state index is 13.7. The number of esters is 1. The van der Waals surface area contributed by atoms with Crippen molar-refractivity contribution in [3.8, 4) is 23.1 Å². The fraction of sp³-hybridized carbons (Fsp3) is 0.154. The summed E-state index contributed by atoms with van der Waals surface area (Å²) < 4.78 is 44.8. The van der Waals surface area contributed by atoms with E-state index in [9.17, 15) is 13.2 Å². The van der Waals surface area contributed by atoms with Crippen molar-refractivity contribution in [2.45, 2.75) is 23.6 Å². The van der Waals surface area contributed by atoms with E-state index >= 15 is 0 Å². The summed E-state index contributed by atoms with van der Waals surface area (Å²) in [7, 11) is -1.12. The molecule has 4 rings (SSSR count). The van der Waals surface area contributed by atoms with E-state index in [0.29, 0.717) is 17.2 Å². The van der Waals surface area contributed by atoms with Gasteiger partial charge in [0.05, 0.1) is 36.1 Å². The van der Waals surface area contributed by atoms with Gasteiger partial charge < -0.3 is 14.2 Å². The molecule has 0 fully saturated rings. The molecule has 1 aromatic heterocycles. The first kappa shape index (κ1) is 24.0. The molecule has 0 saturated carbocycles. The fourth-order valence-electron chi connectivity index (χ4n) is 3.58. The monoisotopic (exact) mass is 492 g/mol. The van der Waals surface area contributed by atoms with Crippen molar-refractivity contribution in [1.82, 2.24) is 9.78 Å². The summed E-state index contributed by atoms with van der Waals surface area (Å²) >= 11 is 0. The van der Waals surface area contributed by atoms with Crippen LogP contribution in [0.2, 0.25) is 0 Å². The Hall–Kier alpha value is -4.11. The SMILES string of the molecule is COc1ccc(C(=O)Oc2c(S(=O)(=O)c3ccc(C)cc3)c(C)nn2-c2ccccc2)cc1OC. The van der Waals surface area contributed by atoms with Gasteiger partial charge in [0.2, 0.25) is 15.7 Å². The summed E-state index contributed by atoms with van der Waals surface area (Å²) in [6, 6.07) is 19.8. The van der Waals surface area contributed by atoms with Crippen molar-refractivity contribution in [1.29, 1.82) is 0 Å². The van der Waals surface area contributed by atoms with Gasteiger partial charge in [-0.15, -0.1) is 0 Å². The number of methoxy groups -OCH3 is 2. The quantitative estimate of drug-likeness (QED) is 0.349. The number of rotatable bonds is 7. The molecule has 0 aliphatic heterocycles. The molecule has 0 aliphatic carbocycles. The lowest BCUT2D eigenvalue weighted by molar-refractivity contribution is 0.0717. The van der Waals surface area contributed by atoms with Gasteiger partial charge in [-0.05, 0) is 56.3 Å². The molecule has 0 radical (unpaired) electrons. The molecule has 4 aromatic rings. The van der Waals surface area contributed by atoms with Gasteiger partial charge in [0.15, 0.2) is 16.4 Å². The van der Waals surface area contributed by atoms with Gasteiger partial charge in [0.25, 0.3) is 0 Å². The number of aryl methyl sites for hydroxylation is 2. The van der Waals surface area contributed by atoms with Crippen molar-refractivity contribution in [2.24, 2.45) is 0 Å². The van der Waals surface area contributed by atoms with E-state index in [1.165, 1.54) is 43.2 Å². The van der Waals surface area contributed by atoms with E-state index in [4.69, 9.17) is 14.2 Å². The van der Waals surface area contributed by atoms with Gasteiger partial charge >= 0.3 is 5.97 Å². The third-order valence-electron chi connectivity index (χ3n) is 5.37. The minimum Gasteiger partial charge on any atom is -0.493 e. The summed E-state index contributed by atoms with van der Waals surface area (Å²) in [6.45, 7) is 3.43. The number of ether oxygens (including phenoxy) is 3. The minimum atomic E-state index is -4.06. The minimum absolute atomic E-state index is 0.0715. The van der Waals surface area contributed by atoms with Crippen LogP contribution in [-0.2, 0) is 9.84 Å². The Labute approximate surface area is 203 Å². The van der Waals surface area contributed by atoms with Crippen molar-refractivity contribution in [3.05, 3.63) is 89.6 Å². The maximum atomic E-state index is 13.7. The van der Waals surface area contributed by atoms with E-state index in [1.807, 2.05) is 13.0 Å². The molecule has 0 aliphatic rings. The molecule has 9 heteroatoms. The Morgan fingerprint density at radius 1 is 0.857 bits per heavy atom. The van der Waals surface area contributed by atoms with Gasteiger partial charge in [-0.2, -0.15) is 9.78 Å². The predicted octanol–water partition coefficient (Wildman–Crippen LogP) is 4.56. The summed E-state index contributed by atoms with van der Waals surface area (Å²) in [5.74, 6) is -0.198. The van der Waals surface area contributed by atoms with Gasteiger partial charge in [-0.25, -0.2) is 13.2 Å². The Bertz CT molecular complexity index is 1480. The molecule has 0 saturated heterocycles.